The summed E-state index contributed by atoms with van der Waals surface area (Å²) in [5, 5.41) is 10.2. The summed E-state index contributed by atoms with van der Waals surface area (Å²) in [6.07, 6.45) is 0. The molecule has 0 aliphatic heterocycles. The van der Waals surface area contributed by atoms with Crippen molar-refractivity contribution in [1.82, 2.24) is 4.57 Å². The minimum absolute atomic E-state index is 0.143. The molecule has 0 saturated heterocycles. The highest BCUT2D eigenvalue weighted by Crippen LogP contribution is 2.26. The van der Waals surface area contributed by atoms with Crippen molar-refractivity contribution in [2.45, 2.75) is 26.8 Å². The van der Waals surface area contributed by atoms with Gasteiger partial charge in [-0.1, -0.05) is 18.2 Å². The van der Waals surface area contributed by atoms with Gasteiger partial charge in [0.15, 0.2) is 0 Å². The number of para-hydroxylation sites is 1. The maximum atomic E-state index is 11.2. The van der Waals surface area contributed by atoms with E-state index in [1.807, 2.05) is 43.5 Å². The summed E-state index contributed by atoms with van der Waals surface area (Å²) < 4.78 is 1.88. The molecule has 0 unspecified atom stereocenters. The van der Waals surface area contributed by atoms with Gasteiger partial charge in [0.25, 0.3) is 0 Å². The van der Waals surface area contributed by atoms with Gasteiger partial charge in [0.05, 0.1) is 5.52 Å². The molecule has 0 bridgehead atoms. The van der Waals surface area contributed by atoms with Crippen molar-refractivity contribution in [2.75, 3.05) is 0 Å². The van der Waals surface area contributed by atoms with Crippen LogP contribution in [-0.2, 0) is 0 Å². The van der Waals surface area contributed by atoms with E-state index in [-0.39, 0.29) is 6.04 Å². The molecule has 0 saturated carbocycles. The molecule has 2 aromatic rings. The Morgan fingerprint density at radius 1 is 1.38 bits per heavy atom. The van der Waals surface area contributed by atoms with Crippen molar-refractivity contribution in [3.8, 4) is 0 Å². The highest BCUT2D eigenvalue weighted by Gasteiger charge is 2.17. The Morgan fingerprint density at radius 2 is 2.06 bits per heavy atom. The maximum absolute atomic E-state index is 11.2. The number of fused-ring (bicyclic) bond motifs is 1. The van der Waals surface area contributed by atoms with E-state index < -0.39 is 5.97 Å². The Balaban J connectivity index is 2.88. The third-order valence-corrected chi connectivity index (χ3v) is 2.80. The van der Waals surface area contributed by atoms with Gasteiger partial charge >= 0.3 is 5.97 Å². The van der Waals surface area contributed by atoms with E-state index in [0.717, 1.165) is 16.5 Å². The fourth-order valence-corrected chi connectivity index (χ4v) is 2.17. The molecule has 0 aliphatic carbocycles. The molecule has 0 fully saturated rings. The zero-order valence-electron chi connectivity index (χ0n) is 9.69. The molecule has 0 radical (unpaired) electrons. The molecule has 3 heteroatoms. The van der Waals surface area contributed by atoms with Gasteiger partial charge in [-0.15, -0.1) is 0 Å². The number of carbonyl (C=O) groups is 1. The summed E-state index contributed by atoms with van der Waals surface area (Å²) in [6, 6.07) is 7.80. The summed E-state index contributed by atoms with van der Waals surface area (Å²) in [5.41, 5.74) is 2.49. The van der Waals surface area contributed by atoms with Crippen molar-refractivity contribution < 1.29 is 9.90 Å². The zero-order valence-corrected chi connectivity index (χ0v) is 9.69. The largest absolute Gasteiger partial charge is 0.477 e. The van der Waals surface area contributed by atoms with Crippen molar-refractivity contribution in [3.05, 3.63) is 35.5 Å². The molecule has 1 aromatic carbocycles. The fourth-order valence-electron chi connectivity index (χ4n) is 2.17. The number of aromatic nitrogens is 1. The third-order valence-electron chi connectivity index (χ3n) is 2.80. The van der Waals surface area contributed by atoms with Gasteiger partial charge in [-0.3, -0.25) is 0 Å². The Morgan fingerprint density at radius 3 is 2.62 bits per heavy atom. The van der Waals surface area contributed by atoms with Gasteiger partial charge in [0, 0.05) is 11.4 Å². The van der Waals surface area contributed by atoms with E-state index in [1.165, 1.54) is 0 Å². The van der Waals surface area contributed by atoms with Crippen molar-refractivity contribution in [3.63, 3.8) is 0 Å². The quantitative estimate of drug-likeness (QED) is 0.839. The summed E-state index contributed by atoms with van der Waals surface area (Å²) >= 11 is 0. The lowest BCUT2D eigenvalue weighted by atomic mass is 10.1. The van der Waals surface area contributed by atoms with Crippen LogP contribution in [0.15, 0.2) is 24.3 Å². The van der Waals surface area contributed by atoms with Crippen LogP contribution in [0.2, 0.25) is 0 Å². The smallest absolute Gasteiger partial charge is 0.352 e. The van der Waals surface area contributed by atoms with Crippen LogP contribution in [0.25, 0.3) is 10.9 Å². The average Bonchev–Trinajstić information content (AvgIpc) is 2.58. The summed E-state index contributed by atoms with van der Waals surface area (Å²) in [5.74, 6) is -0.871. The lowest BCUT2D eigenvalue weighted by molar-refractivity contribution is 0.0684. The van der Waals surface area contributed by atoms with Crippen LogP contribution < -0.4 is 0 Å². The fraction of sp³-hybridized carbons (Fsp3) is 0.308. The second-order valence-corrected chi connectivity index (χ2v) is 4.31. The number of rotatable bonds is 2. The molecule has 0 amide bonds. The van der Waals surface area contributed by atoms with Crippen LogP contribution in [0.1, 0.15) is 35.9 Å². The third kappa shape index (κ3) is 1.48. The van der Waals surface area contributed by atoms with Crippen LogP contribution in [-0.4, -0.2) is 15.6 Å². The summed E-state index contributed by atoms with van der Waals surface area (Å²) in [7, 11) is 0. The SMILES string of the molecule is Cc1cccc2cc(C(=O)O)n(C(C)C)c12. The summed E-state index contributed by atoms with van der Waals surface area (Å²) in [6.45, 7) is 6.00. The second kappa shape index (κ2) is 3.67. The Hall–Kier alpha value is -1.77. The van der Waals surface area contributed by atoms with Crippen molar-refractivity contribution >= 4 is 16.9 Å². The van der Waals surface area contributed by atoms with Crippen molar-refractivity contribution in [2.24, 2.45) is 0 Å². The highest BCUT2D eigenvalue weighted by atomic mass is 16.4. The lowest BCUT2D eigenvalue weighted by Gasteiger charge is -2.13. The highest BCUT2D eigenvalue weighted by molar-refractivity contribution is 5.95. The molecule has 2 rings (SSSR count). The first-order chi connectivity index (χ1) is 7.52. The molecule has 0 atom stereocenters. The number of benzene rings is 1. The lowest BCUT2D eigenvalue weighted by Crippen LogP contribution is -2.10. The van der Waals surface area contributed by atoms with Gasteiger partial charge in [-0.2, -0.15) is 0 Å². The summed E-state index contributed by atoms with van der Waals surface area (Å²) in [4.78, 5) is 11.2. The van der Waals surface area contributed by atoms with Crippen LogP contribution in [0.4, 0.5) is 0 Å². The minimum atomic E-state index is -0.871. The van der Waals surface area contributed by atoms with E-state index in [2.05, 4.69) is 0 Å². The number of carboxylic acids is 1. The number of carboxylic acid groups (broad SMARTS) is 1. The van der Waals surface area contributed by atoms with E-state index in [0.29, 0.717) is 5.69 Å². The molecule has 0 spiro atoms. The molecule has 3 nitrogen and oxygen atoms in total. The zero-order chi connectivity index (χ0) is 11.9. The Kier molecular flexibility index (Phi) is 2.46. The molecular formula is C13H15NO2. The van der Waals surface area contributed by atoms with E-state index >= 15 is 0 Å². The molecule has 1 heterocycles. The van der Waals surface area contributed by atoms with E-state index in [4.69, 9.17) is 0 Å². The number of aromatic carboxylic acids is 1. The molecule has 1 N–H and O–H groups in total. The predicted octanol–water partition coefficient (Wildman–Crippen LogP) is 3.23. The Labute approximate surface area is 94.3 Å². The van der Waals surface area contributed by atoms with E-state index in [1.54, 1.807) is 6.07 Å². The van der Waals surface area contributed by atoms with Crippen LogP contribution in [0.3, 0.4) is 0 Å². The standard InChI is InChI=1S/C13H15NO2/c1-8(2)14-11(13(15)16)7-10-6-4-5-9(3)12(10)14/h4-8H,1-3H3,(H,15,16). The molecule has 16 heavy (non-hydrogen) atoms. The maximum Gasteiger partial charge on any atom is 0.352 e. The van der Waals surface area contributed by atoms with E-state index in [9.17, 15) is 9.90 Å². The molecule has 0 aliphatic rings. The van der Waals surface area contributed by atoms with Gasteiger partial charge in [-0.25, -0.2) is 4.79 Å². The number of aryl methyl sites for hydroxylation is 1. The van der Waals surface area contributed by atoms with Gasteiger partial charge in [0.1, 0.15) is 5.69 Å². The first kappa shape index (κ1) is 10.7. The van der Waals surface area contributed by atoms with Crippen LogP contribution >= 0.6 is 0 Å². The first-order valence-electron chi connectivity index (χ1n) is 5.36. The number of nitrogens with zero attached hydrogens (tertiary/aromatic N) is 1. The Bertz CT molecular complexity index is 552. The molecule has 1 aromatic heterocycles. The molecule has 84 valence electrons. The van der Waals surface area contributed by atoms with Crippen LogP contribution in [0, 0.1) is 6.92 Å². The topological polar surface area (TPSA) is 42.2 Å². The second-order valence-electron chi connectivity index (χ2n) is 4.31. The average molecular weight is 217 g/mol. The minimum Gasteiger partial charge on any atom is -0.477 e. The number of hydrogen-bond acceptors (Lipinski definition) is 1. The van der Waals surface area contributed by atoms with Crippen molar-refractivity contribution in [1.29, 1.82) is 0 Å². The van der Waals surface area contributed by atoms with Crippen LogP contribution in [0.5, 0.6) is 0 Å². The monoisotopic (exact) mass is 217 g/mol. The van der Waals surface area contributed by atoms with Gasteiger partial charge in [-0.05, 0) is 32.4 Å². The first-order valence-corrected chi connectivity index (χ1v) is 5.36. The predicted molar refractivity (Wildman–Crippen MR) is 64.0 cm³/mol. The normalized spacial score (nSPS) is 11.2. The molecular weight excluding hydrogens is 202 g/mol. The number of hydrogen-bond donors (Lipinski definition) is 1. The van der Waals surface area contributed by atoms with Gasteiger partial charge in [0.2, 0.25) is 0 Å². The van der Waals surface area contributed by atoms with Gasteiger partial charge < -0.3 is 9.67 Å².